The molecular formula is C68H109O11P. The molecule has 11 nitrogen and oxygen atoms in total. The molecule has 12 heteroatoms. The molecule has 3 unspecified atom stereocenters. The molecule has 0 radical (unpaired) electrons. The maximum Gasteiger partial charge on any atom is 0.472 e. The van der Waals surface area contributed by atoms with Crippen molar-refractivity contribution in [3.63, 3.8) is 0 Å². The molecule has 0 saturated carbocycles. The van der Waals surface area contributed by atoms with E-state index in [0.29, 0.717) is 19.3 Å². The first-order valence-electron chi connectivity index (χ1n) is 30.7. The largest absolute Gasteiger partial charge is 0.472 e. The number of phosphoric acid groups is 1. The highest BCUT2D eigenvalue weighted by Crippen LogP contribution is 2.43. The van der Waals surface area contributed by atoms with E-state index in [0.717, 1.165) is 128 Å². The molecule has 0 heterocycles. The van der Waals surface area contributed by atoms with E-state index in [1.807, 2.05) is 12.2 Å². The van der Waals surface area contributed by atoms with Gasteiger partial charge in [0.15, 0.2) is 6.10 Å². The molecule has 0 aliphatic rings. The van der Waals surface area contributed by atoms with Crippen molar-refractivity contribution in [2.24, 2.45) is 0 Å². The molecule has 0 aliphatic heterocycles. The molecule has 2 N–H and O–H groups in total. The smallest absolute Gasteiger partial charge is 0.462 e. The number of unbranched alkanes of at least 4 members (excludes halogenated alkanes) is 14. The first-order valence-corrected chi connectivity index (χ1v) is 32.2. The summed E-state index contributed by atoms with van der Waals surface area (Å²) < 4.78 is 39.5. The average molecular weight is 1130 g/mol. The summed E-state index contributed by atoms with van der Waals surface area (Å²) in [6, 6.07) is 0. The van der Waals surface area contributed by atoms with E-state index >= 15 is 0 Å². The van der Waals surface area contributed by atoms with E-state index in [1.54, 1.807) is 0 Å². The number of aliphatic hydroxyl groups is 1. The number of allylic oxidation sites excluding steroid dienone is 24. The minimum atomic E-state index is -4.79. The average Bonchev–Trinajstić information content (AvgIpc) is 3.45. The van der Waals surface area contributed by atoms with Crippen molar-refractivity contribution >= 4 is 25.7 Å². The van der Waals surface area contributed by atoms with Crippen molar-refractivity contribution in [3.8, 4) is 0 Å². The van der Waals surface area contributed by atoms with Crippen LogP contribution in [0.5, 0.6) is 0 Å². The summed E-state index contributed by atoms with van der Waals surface area (Å²) in [6.07, 6.45) is 78.1. The molecule has 0 fully saturated rings. The predicted molar refractivity (Wildman–Crippen MR) is 334 cm³/mol. The van der Waals surface area contributed by atoms with Crippen molar-refractivity contribution in [1.29, 1.82) is 0 Å². The third-order valence-electron chi connectivity index (χ3n) is 12.2. The SMILES string of the molecule is CC/C=C\C/C=C\C/C=C\C/C=C\C/C=C\C/C=C\CCC(=O)OCC(COP(=O)(O)OCC(CO)OC(=O)CCCCCCCCC/C=C\C/C=C\CCCCC)OC(=O)CCCCCC/C=C\C/C=C\C/C=C\C/C=C\CC. The Hall–Kier alpha value is -4.64. The number of phosphoric ester groups is 1. The predicted octanol–water partition coefficient (Wildman–Crippen LogP) is 18.7. The summed E-state index contributed by atoms with van der Waals surface area (Å²) in [7, 11) is -4.79. The highest BCUT2D eigenvalue weighted by molar-refractivity contribution is 7.47. The van der Waals surface area contributed by atoms with Gasteiger partial charge in [-0.1, -0.05) is 224 Å². The Balaban J connectivity index is 4.87. The lowest BCUT2D eigenvalue weighted by Gasteiger charge is -2.21. The molecule has 0 aliphatic carbocycles. The van der Waals surface area contributed by atoms with Crippen LogP contribution in [-0.2, 0) is 42.2 Å². The molecule has 80 heavy (non-hydrogen) atoms. The second-order valence-corrected chi connectivity index (χ2v) is 21.2. The van der Waals surface area contributed by atoms with Gasteiger partial charge in [-0.05, 0) is 128 Å². The van der Waals surface area contributed by atoms with Crippen molar-refractivity contribution < 1.29 is 52.2 Å². The van der Waals surface area contributed by atoms with Crippen LogP contribution < -0.4 is 0 Å². The summed E-state index contributed by atoms with van der Waals surface area (Å²) in [5.74, 6) is -1.62. The Labute approximate surface area is 486 Å². The van der Waals surface area contributed by atoms with Crippen molar-refractivity contribution in [1.82, 2.24) is 0 Å². The van der Waals surface area contributed by atoms with E-state index in [-0.39, 0.29) is 19.3 Å². The highest BCUT2D eigenvalue weighted by Gasteiger charge is 2.28. The van der Waals surface area contributed by atoms with Gasteiger partial charge in [0.25, 0.3) is 0 Å². The zero-order valence-corrected chi connectivity index (χ0v) is 50.9. The Kier molecular flexibility index (Phi) is 56.9. The van der Waals surface area contributed by atoms with E-state index in [2.05, 4.69) is 154 Å². The van der Waals surface area contributed by atoms with Crippen LogP contribution >= 0.6 is 7.82 Å². The van der Waals surface area contributed by atoms with Gasteiger partial charge in [0.1, 0.15) is 12.7 Å². The quantitative estimate of drug-likeness (QED) is 0.0197. The van der Waals surface area contributed by atoms with Crippen LogP contribution in [0, 0.1) is 0 Å². The van der Waals surface area contributed by atoms with Gasteiger partial charge in [-0.2, -0.15) is 0 Å². The Morgan fingerprint density at radius 3 is 1.05 bits per heavy atom. The fraction of sp³-hybridized carbons (Fsp3) is 0.603. The molecule has 0 aromatic heterocycles. The topological polar surface area (TPSA) is 155 Å². The third kappa shape index (κ3) is 58.0. The first-order chi connectivity index (χ1) is 39.2. The molecule has 0 bridgehead atoms. The van der Waals surface area contributed by atoms with Crippen LogP contribution in [0.15, 0.2) is 146 Å². The minimum Gasteiger partial charge on any atom is -0.462 e. The fourth-order valence-electron chi connectivity index (χ4n) is 7.64. The lowest BCUT2D eigenvalue weighted by Crippen LogP contribution is -2.30. The van der Waals surface area contributed by atoms with Gasteiger partial charge in [0.2, 0.25) is 0 Å². The van der Waals surface area contributed by atoms with E-state index in [4.69, 9.17) is 23.3 Å². The lowest BCUT2D eigenvalue weighted by molar-refractivity contribution is -0.161. The standard InChI is InChI=1S/C68H109O11P/c1-4-7-10-13-16-19-22-25-28-31-32-35-36-39-42-45-48-51-54-57-66(70)75-61-65(79-68(72)59-56-53-50-47-44-41-38-34-30-27-24-21-18-15-12-9-6-3)63-77-80(73,74)76-62-64(60-69)78-67(71)58-55-52-49-46-43-40-37-33-29-26-23-20-17-14-11-8-5-2/h7,9-10,12,16-21,25-30,32,35,38-39,41-42,48,51,64-65,69H,4-6,8,11,13-15,22-24,31,33-34,36-37,40,43-47,49-50,52-63H2,1-3H3,(H,73,74)/b10-7-,12-9-,19-16-,20-17-,21-18-,28-25-,29-26-,30-27-,35-32-,41-38-,42-39-,51-48-. The molecule has 3 atom stereocenters. The second kappa shape index (κ2) is 60.5. The molecular weight excluding hydrogens is 1020 g/mol. The van der Waals surface area contributed by atoms with E-state index < -0.39 is 64.4 Å². The van der Waals surface area contributed by atoms with Crippen LogP contribution in [0.1, 0.15) is 226 Å². The van der Waals surface area contributed by atoms with E-state index in [1.165, 1.54) is 38.5 Å². The number of carbonyl (C=O) groups excluding carboxylic acids is 3. The number of rotatable bonds is 55. The number of hydrogen-bond acceptors (Lipinski definition) is 10. The molecule has 0 aromatic rings. The minimum absolute atomic E-state index is 0.0870. The molecule has 0 spiro atoms. The van der Waals surface area contributed by atoms with Crippen LogP contribution in [0.2, 0.25) is 0 Å². The van der Waals surface area contributed by atoms with Gasteiger partial charge in [0.05, 0.1) is 19.8 Å². The van der Waals surface area contributed by atoms with Crippen LogP contribution in [0.3, 0.4) is 0 Å². The number of hydrogen-bond donors (Lipinski definition) is 2. The summed E-state index contributed by atoms with van der Waals surface area (Å²) in [4.78, 5) is 48.7. The Morgan fingerprint density at radius 2 is 0.675 bits per heavy atom. The van der Waals surface area contributed by atoms with Crippen molar-refractivity contribution in [3.05, 3.63) is 146 Å². The van der Waals surface area contributed by atoms with E-state index in [9.17, 15) is 28.9 Å². The van der Waals surface area contributed by atoms with Gasteiger partial charge in [0, 0.05) is 19.3 Å². The van der Waals surface area contributed by atoms with Crippen molar-refractivity contribution in [2.75, 3.05) is 26.4 Å². The zero-order valence-electron chi connectivity index (χ0n) is 50.0. The van der Waals surface area contributed by atoms with Gasteiger partial charge < -0.3 is 24.2 Å². The zero-order chi connectivity index (χ0) is 58.3. The monoisotopic (exact) mass is 1130 g/mol. The number of esters is 3. The van der Waals surface area contributed by atoms with Crippen LogP contribution in [0.25, 0.3) is 0 Å². The van der Waals surface area contributed by atoms with Gasteiger partial charge >= 0.3 is 25.7 Å². The third-order valence-corrected chi connectivity index (χ3v) is 13.2. The Morgan fingerprint density at radius 1 is 0.362 bits per heavy atom. The molecule has 0 aromatic carbocycles. The maximum absolute atomic E-state index is 12.9. The van der Waals surface area contributed by atoms with Crippen LogP contribution in [-0.4, -0.2) is 66.5 Å². The first kappa shape index (κ1) is 75.4. The summed E-state index contributed by atoms with van der Waals surface area (Å²) in [6.45, 7) is 4.26. The summed E-state index contributed by atoms with van der Waals surface area (Å²) >= 11 is 0. The summed E-state index contributed by atoms with van der Waals surface area (Å²) in [5, 5.41) is 9.84. The normalized spacial score (nSPS) is 14.3. The van der Waals surface area contributed by atoms with Crippen LogP contribution in [0.4, 0.5) is 0 Å². The number of aliphatic hydroxyl groups excluding tert-OH is 1. The molecule has 0 rings (SSSR count). The van der Waals surface area contributed by atoms with Gasteiger partial charge in [-0.15, -0.1) is 0 Å². The highest BCUT2D eigenvalue weighted by atomic mass is 31.2. The number of carbonyl (C=O) groups is 3. The Bertz CT molecular complexity index is 1900. The summed E-state index contributed by atoms with van der Waals surface area (Å²) in [5.41, 5.74) is 0. The van der Waals surface area contributed by atoms with Gasteiger partial charge in [-0.25, -0.2) is 4.57 Å². The second-order valence-electron chi connectivity index (χ2n) is 19.7. The van der Waals surface area contributed by atoms with Gasteiger partial charge in [-0.3, -0.25) is 23.4 Å². The maximum atomic E-state index is 12.9. The lowest BCUT2D eigenvalue weighted by atomic mass is 10.1. The van der Waals surface area contributed by atoms with Crippen molar-refractivity contribution in [2.45, 2.75) is 238 Å². The fourth-order valence-corrected chi connectivity index (χ4v) is 8.42. The molecule has 0 saturated heterocycles. The number of ether oxygens (including phenoxy) is 3. The molecule has 0 amide bonds. The molecule has 452 valence electrons.